The van der Waals surface area contributed by atoms with Crippen molar-refractivity contribution < 1.29 is 28.6 Å². The van der Waals surface area contributed by atoms with Crippen molar-refractivity contribution in [1.29, 1.82) is 0 Å². The van der Waals surface area contributed by atoms with Gasteiger partial charge in [-0.05, 0) is 56.2 Å². The minimum atomic E-state index is -0.593. The molecular formula is C26H31NO6. The van der Waals surface area contributed by atoms with Crippen LogP contribution in [-0.4, -0.2) is 31.4 Å². The minimum absolute atomic E-state index is 0.00912. The van der Waals surface area contributed by atoms with Crippen molar-refractivity contribution in [3.05, 3.63) is 46.3 Å². The molecular weight excluding hydrogens is 422 g/mol. The Kier molecular flexibility index (Phi) is 6.08. The molecule has 0 unspecified atom stereocenters. The maximum Gasteiger partial charge on any atom is 0.336 e. The van der Waals surface area contributed by atoms with E-state index in [-0.39, 0.29) is 23.1 Å². The third-order valence-electron chi connectivity index (χ3n) is 6.37. The van der Waals surface area contributed by atoms with Gasteiger partial charge in [-0.2, -0.15) is 0 Å². The highest BCUT2D eigenvalue weighted by atomic mass is 16.6. The third-order valence-corrected chi connectivity index (χ3v) is 6.37. The Morgan fingerprint density at radius 2 is 1.88 bits per heavy atom. The summed E-state index contributed by atoms with van der Waals surface area (Å²) in [6.45, 7) is 8.18. The van der Waals surface area contributed by atoms with Crippen molar-refractivity contribution in [2.75, 3.05) is 13.7 Å². The molecule has 7 nitrogen and oxygen atoms in total. The Bertz CT molecular complexity index is 1080. The highest BCUT2D eigenvalue weighted by Gasteiger charge is 2.43. The molecule has 33 heavy (non-hydrogen) atoms. The second-order valence-corrected chi connectivity index (χ2v) is 9.76. The number of hydrogen-bond acceptors (Lipinski definition) is 7. The van der Waals surface area contributed by atoms with Crippen molar-refractivity contribution in [3.63, 3.8) is 0 Å². The molecule has 1 atom stereocenters. The summed E-state index contributed by atoms with van der Waals surface area (Å²) in [6.07, 6.45) is 2.79. The average Bonchev–Trinajstić information content (AvgIpc) is 3.58. The molecule has 1 N–H and O–H groups in total. The largest absolute Gasteiger partial charge is 0.490 e. The van der Waals surface area contributed by atoms with Gasteiger partial charge < -0.3 is 19.5 Å². The zero-order chi connectivity index (χ0) is 23.9. The lowest BCUT2D eigenvalue weighted by atomic mass is 9.68. The zero-order valence-electron chi connectivity index (χ0n) is 19.9. The molecule has 176 valence electrons. The quantitative estimate of drug-likeness (QED) is 0.510. The Labute approximate surface area is 194 Å². The molecule has 0 amide bonds. The van der Waals surface area contributed by atoms with Crippen LogP contribution in [0.15, 0.2) is 40.7 Å². The van der Waals surface area contributed by atoms with Crippen molar-refractivity contribution in [1.82, 2.24) is 5.32 Å². The van der Waals surface area contributed by atoms with Crippen LogP contribution in [0.2, 0.25) is 0 Å². The molecule has 0 spiro atoms. The van der Waals surface area contributed by atoms with Crippen molar-refractivity contribution in [2.24, 2.45) is 11.3 Å². The van der Waals surface area contributed by atoms with Gasteiger partial charge in [-0.1, -0.05) is 19.9 Å². The summed E-state index contributed by atoms with van der Waals surface area (Å²) in [6, 6.07) is 5.25. The SMILES string of the molecule is CCOc1cc([C@@H]2C(C(=O)OC)=C(C)NC3=C2C(=O)CC(C)(C)C3)ccc1OC(=O)C1CC1. The average molecular weight is 454 g/mol. The number of carbonyl (C=O) groups is 3. The summed E-state index contributed by atoms with van der Waals surface area (Å²) >= 11 is 0. The molecule has 3 aliphatic rings. The Hall–Kier alpha value is -3.09. The molecule has 1 aliphatic heterocycles. The van der Waals surface area contributed by atoms with Crippen LogP contribution >= 0.6 is 0 Å². The number of esters is 2. The van der Waals surface area contributed by atoms with E-state index in [1.54, 1.807) is 18.2 Å². The minimum Gasteiger partial charge on any atom is -0.490 e. The van der Waals surface area contributed by atoms with Crippen molar-refractivity contribution >= 4 is 17.7 Å². The Morgan fingerprint density at radius 1 is 1.15 bits per heavy atom. The smallest absolute Gasteiger partial charge is 0.336 e. The van der Waals surface area contributed by atoms with Crippen molar-refractivity contribution in [2.45, 2.75) is 59.3 Å². The van der Waals surface area contributed by atoms with E-state index in [1.807, 2.05) is 13.8 Å². The van der Waals surface area contributed by atoms with Crippen LogP contribution < -0.4 is 14.8 Å². The molecule has 0 radical (unpaired) electrons. The first-order valence-corrected chi connectivity index (χ1v) is 11.5. The highest BCUT2D eigenvalue weighted by molar-refractivity contribution is 6.04. The fourth-order valence-corrected chi connectivity index (χ4v) is 4.72. The van der Waals surface area contributed by atoms with Gasteiger partial charge in [0.2, 0.25) is 0 Å². The monoisotopic (exact) mass is 453 g/mol. The first-order valence-electron chi connectivity index (χ1n) is 11.5. The van der Waals surface area contributed by atoms with Crippen LogP contribution in [0.3, 0.4) is 0 Å². The van der Waals surface area contributed by atoms with Gasteiger partial charge in [0, 0.05) is 29.3 Å². The lowest BCUT2D eigenvalue weighted by Gasteiger charge is -2.39. The van der Waals surface area contributed by atoms with Crippen LogP contribution in [0.25, 0.3) is 0 Å². The number of carbonyl (C=O) groups excluding carboxylic acids is 3. The summed E-state index contributed by atoms with van der Waals surface area (Å²) in [5.41, 5.74) is 3.03. The number of benzene rings is 1. The number of nitrogens with one attached hydrogen (secondary N) is 1. The molecule has 4 rings (SSSR count). The molecule has 1 saturated carbocycles. The molecule has 1 heterocycles. The van der Waals surface area contributed by atoms with E-state index < -0.39 is 11.9 Å². The predicted molar refractivity (Wildman–Crippen MR) is 122 cm³/mol. The van der Waals surface area contributed by atoms with Crippen LogP contribution in [0, 0.1) is 11.3 Å². The summed E-state index contributed by atoms with van der Waals surface area (Å²) in [7, 11) is 1.33. The lowest BCUT2D eigenvalue weighted by Crippen LogP contribution is -2.38. The molecule has 7 heteroatoms. The van der Waals surface area contributed by atoms with Gasteiger partial charge >= 0.3 is 11.9 Å². The summed E-state index contributed by atoms with van der Waals surface area (Å²) in [5.74, 6) is -0.620. The molecule has 1 aromatic carbocycles. The Balaban J connectivity index is 1.81. The fraction of sp³-hybridized carbons (Fsp3) is 0.500. The maximum atomic E-state index is 13.3. The van der Waals surface area contributed by atoms with Gasteiger partial charge in [-0.3, -0.25) is 9.59 Å². The fourth-order valence-electron chi connectivity index (χ4n) is 4.72. The van der Waals surface area contributed by atoms with E-state index in [9.17, 15) is 14.4 Å². The van der Waals surface area contributed by atoms with Gasteiger partial charge in [-0.15, -0.1) is 0 Å². The van der Waals surface area contributed by atoms with E-state index in [0.717, 1.165) is 18.5 Å². The highest BCUT2D eigenvalue weighted by Crippen LogP contribution is 2.48. The molecule has 1 aromatic rings. The predicted octanol–water partition coefficient (Wildman–Crippen LogP) is 4.18. The number of allylic oxidation sites excluding steroid dienone is 3. The second-order valence-electron chi connectivity index (χ2n) is 9.76. The summed E-state index contributed by atoms with van der Waals surface area (Å²) < 4.78 is 16.4. The molecule has 0 saturated heterocycles. The van der Waals surface area contributed by atoms with E-state index in [2.05, 4.69) is 19.2 Å². The first-order chi connectivity index (χ1) is 15.6. The third kappa shape index (κ3) is 4.54. The first kappa shape index (κ1) is 23.1. The standard InChI is InChI=1S/C26H31NO6/c1-6-32-20-11-16(9-10-19(20)33-24(29)15-7-8-15)22-21(25(30)31-5)14(2)27-17-12-26(3,4)13-18(28)23(17)22/h9-11,15,22,27H,6-8,12-13H2,1-5H3/t22-/m1/s1. The van der Waals surface area contributed by atoms with Gasteiger partial charge in [-0.25, -0.2) is 4.79 Å². The molecule has 2 aliphatic carbocycles. The van der Waals surface area contributed by atoms with E-state index in [1.165, 1.54) is 7.11 Å². The zero-order valence-corrected chi connectivity index (χ0v) is 19.9. The second kappa shape index (κ2) is 8.69. The van der Waals surface area contributed by atoms with E-state index in [4.69, 9.17) is 14.2 Å². The molecule has 0 aromatic heterocycles. The van der Waals surface area contributed by atoms with E-state index >= 15 is 0 Å². The lowest BCUT2D eigenvalue weighted by molar-refractivity contribution is -0.137. The van der Waals surface area contributed by atoms with Crippen LogP contribution in [0.1, 0.15) is 64.9 Å². The molecule has 0 bridgehead atoms. The number of ether oxygens (including phenoxy) is 3. The van der Waals surface area contributed by atoms with Crippen LogP contribution in [0.5, 0.6) is 11.5 Å². The maximum absolute atomic E-state index is 13.3. The molecule has 1 fully saturated rings. The number of hydrogen-bond donors (Lipinski definition) is 1. The normalized spacial score (nSPS) is 21.8. The Morgan fingerprint density at radius 3 is 2.52 bits per heavy atom. The van der Waals surface area contributed by atoms with E-state index in [0.29, 0.717) is 53.4 Å². The van der Waals surface area contributed by atoms with Crippen LogP contribution in [-0.2, 0) is 19.1 Å². The van der Waals surface area contributed by atoms with Gasteiger partial charge in [0.1, 0.15) is 0 Å². The summed E-state index contributed by atoms with van der Waals surface area (Å²) in [4.78, 5) is 38.4. The van der Waals surface area contributed by atoms with Gasteiger partial charge in [0.25, 0.3) is 0 Å². The van der Waals surface area contributed by atoms with Crippen molar-refractivity contribution in [3.8, 4) is 11.5 Å². The number of dihydropyridines is 1. The number of Topliss-reactive ketones (excluding diaryl/α,β-unsaturated/α-hetero) is 1. The number of ketones is 1. The summed E-state index contributed by atoms with van der Waals surface area (Å²) in [5, 5.41) is 3.30. The number of rotatable bonds is 6. The van der Waals surface area contributed by atoms with Crippen LogP contribution in [0.4, 0.5) is 0 Å². The topological polar surface area (TPSA) is 90.9 Å². The van der Waals surface area contributed by atoms with Gasteiger partial charge in [0.15, 0.2) is 17.3 Å². The van der Waals surface area contributed by atoms with Gasteiger partial charge in [0.05, 0.1) is 25.2 Å². The number of methoxy groups -OCH3 is 1.